The van der Waals surface area contributed by atoms with Gasteiger partial charge in [0.05, 0.1) is 23.7 Å². The van der Waals surface area contributed by atoms with Gasteiger partial charge in [0, 0.05) is 38.4 Å². The van der Waals surface area contributed by atoms with E-state index in [9.17, 15) is 0 Å². The zero-order chi connectivity index (χ0) is 16.4. The van der Waals surface area contributed by atoms with Crippen molar-refractivity contribution in [3.8, 4) is 5.88 Å². The summed E-state index contributed by atoms with van der Waals surface area (Å²) in [5, 5.41) is 0.947. The molecule has 3 aromatic rings. The Kier molecular flexibility index (Phi) is 4.00. The van der Waals surface area contributed by atoms with E-state index in [1.165, 1.54) is 18.4 Å². The molecular weight excluding hydrogens is 306 g/mol. The van der Waals surface area contributed by atoms with Crippen molar-refractivity contribution >= 4 is 16.6 Å². The van der Waals surface area contributed by atoms with Gasteiger partial charge in [-0.25, -0.2) is 15.0 Å². The van der Waals surface area contributed by atoms with Crippen molar-refractivity contribution < 1.29 is 9.15 Å². The fourth-order valence-electron chi connectivity index (χ4n) is 3.09. The largest absolute Gasteiger partial charge is 0.480 e. The van der Waals surface area contributed by atoms with Gasteiger partial charge in [-0.15, -0.1) is 0 Å². The maximum Gasteiger partial charge on any atom is 0.224 e. The molecule has 7 nitrogen and oxygen atoms in total. The molecule has 2 aromatic heterocycles. The fraction of sp³-hybridized carbons (Fsp3) is 0.353. The molecule has 0 radical (unpaired) electrons. The third-order valence-electron chi connectivity index (χ3n) is 4.38. The van der Waals surface area contributed by atoms with Crippen molar-refractivity contribution in [2.24, 2.45) is 0 Å². The van der Waals surface area contributed by atoms with E-state index in [0.717, 1.165) is 49.3 Å². The minimum absolute atomic E-state index is 0.617. The highest BCUT2D eigenvalue weighted by molar-refractivity contribution is 5.86. The van der Waals surface area contributed by atoms with E-state index in [-0.39, 0.29) is 0 Å². The number of fused-ring (bicyclic) bond motifs is 1. The molecule has 0 spiro atoms. The summed E-state index contributed by atoms with van der Waals surface area (Å²) < 4.78 is 10.4. The second-order valence-electron chi connectivity index (χ2n) is 5.83. The van der Waals surface area contributed by atoms with Gasteiger partial charge in [-0.1, -0.05) is 0 Å². The quantitative estimate of drug-likeness (QED) is 0.726. The average Bonchev–Trinajstić information content (AvgIpc) is 3.14. The molecule has 0 aliphatic carbocycles. The minimum atomic E-state index is 0.617. The predicted octanol–water partition coefficient (Wildman–Crippen LogP) is 1.95. The lowest BCUT2D eigenvalue weighted by atomic mass is 10.2. The van der Waals surface area contributed by atoms with Gasteiger partial charge in [-0.2, -0.15) is 0 Å². The Hall–Kier alpha value is -2.67. The number of benzene rings is 1. The van der Waals surface area contributed by atoms with Crippen molar-refractivity contribution in [2.45, 2.75) is 6.54 Å². The van der Waals surface area contributed by atoms with E-state index in [0.29, 0.717) is 5.88 Å². The molecule has 0 bridgehead atoms. The lowest BCUT2D eigenvalue weighted by molar-refractivity contribution is 0.247. The van der Waals surface area contributed by atoms with Crippen LogP contribution in [0.15, 0.2) is 41.6 Å². The molecule has 1 aliphatic rings. The first-order valence-electron chi connectivity index (χ1n) is 7.96. The van der Waals surface area contributed by atoms with E-state index in [1.807, 2.05) is 6.07 Å². The highest BCUT2D eigenvalue weighted by atomic mass is 16.5. The number of nitrogens with zero attached hydrogens (tertiary/aromatic N) is 5. The van der Waals surface area contributed by atoms with Crippen LogP contribution in [0.5, 0.6) is 5.88 Å². The molecule has 24 heavy (non-hydrogen) atoms. The van der Waals surface area contributed by atoms with Crippen molar-refractivity contribution in [3.63, 3.8) is 0 Å². The van der Waals surface area contributed by atoms with E-state index in [1.54, 1.807) is 13.4 Å². The van der Waals surface area contributed by atoms with Crippen LogP contribution < -0.4 is 9.64 Å². The molecule has 0 saturated carbocycles. The number of hydrogen-bond acceptors (Lipinski definition) is 7. The van der Waals surface area contributed by atoms with Crippen LogP contribution >= 0.6 is 0 Å². The second-order valence-corrected chi connectivity index (χ2v) is 5.83. The third kappa shape index (κ3) is 2.90. The number of hydrogen-bond donors (Lipinski definition) is 0. The zero-order valence-corrected chi connectivity index (χ0v) is 13.6. The summed E-state index contributed by atoms with van der Waals surface area (Å²) >= 11 is 0. The van der Waals surface area contributed by atoms with E-state index in [4.69, 9.17) is 9.15 Å². The van der Waals surface area contributed by atoms with Crippen LogP contribution in [0.1, 0.15) is 5.69 Å². The molecule has 1 saturated heterocycles. The van der Waals surface area contributed by atoms with Crippen LogP contribution in [0.25, 0.3) is 10.9 Å². The first-order valence-corrected chi connectivity index (χ1v) is 7.96. The summed E-state index contributed by atoms with van der Waals surface area (Å²) in [5.74, 6) is 0.617. The van der Waals surface area contributed by atoms with Crippen LogP contribution in [-0.4, -0.2) is 53.1 Å². The van der Waals surface area contributed by atoms with Gasteiger partial charge >= 0.3 is 0 Å². The Morgan fingerprint density at radius 2 is 2.00 bits per heavy atom. The van der Waals surface area contributed by atoms with Gasteiger partial charge in [0.15, 0.2) is 6.39 Å². The maximum atomic E-state index is 5.35. The highest BCUT2D eigenvalue weighted by Gasteiger charge is 2.18. The molecule has 124 valence electrons. The molecule has 1 aliphatic heterocycles. The van der Waals surface area contributed by atoms with Gasteiger partial charge in [0.2, 0.25) is 5.88 Å². The first kappa shape index (κ1) is 14.9. The average molecular weight is 325 g/mol. The first-order chi connectivity index (χ1) is 11.8. The number of ether oxygens (including phenoxy) is 1. The van der Waals surface area contributed by atoms with E-state index >= 15 is 0 Å². The molecule has 0 N–H and O–H groups in total. The number of methoxy groups -OCH3 is 1. The molecular formula is C17H19N5O2. The van der Waals surface area contributed by atoms with Crippen LogP contribution in [-0.2, 0) is 6.54 Å². The molecule has 0 amide bonds. The molecule has 3 heterocycles. The van der Waals surface area contributed by atoms with Gasteiger partial charge in [-0.3, -0.25) is 4.90 Å². The summed E-state index contributed by atoms with van der Waals surface area (Å²) in [4.78, 5) is 17.4. The summed E-state index contributed by atoms with van der Waals surface area (Å²) in [6.45, 7) is 4.77. The van der Waals surface area contributed by atoms with Crippen molar-refractivity contribution in [1.29, 1.82) is 0 Å². The summed E-state index contributed by atoms with van der Waals surface area (Å²) in [7, 11) is 1.64. The SMILES string of the molecule is COc1ncnc2ccc(N3CCN(Cc4cocn4)CC3)cc12. The summed E-state index contributed by atoms with van der Waals surface area (Å²) in [5.41, 5.74) is 3.06. The highest BCUT2D eigenvalue weighted by Crippen LogP contribution is 2.27. The maximum absolute atomic E-state index is 5.35. The number of anilines is 1. The van der Waals surface area contributed by atoms with Crippen LogP contribution in [0.2, 0.25) is 0 Å². The predicted molar refractivity (Wildman–Crippen MR) is 90.1 cm³/mol. The Balaban J connectivity index is 1.48. The molecule has 0 unspecified atom stereocenters. The Morgan fingerprint density at radius 1 is 1.12 bits per heavy atom. The van der Waals surface area contributed by atoms with Crippen molar-refractivity contribution in [2.75, 3.05) is 38.2 Å². The molecule has 1 fully saturated rings. The zero-order valence-electron chi connectivity index (χ0n) is 13.6. The number of rotatable bonds is 4. The topological polar surface area (TPSA) is 67.5 Å². The second kappa shape index (κ2) is 6.45. The van der Waals surface area contributed by atoms with E-state index in [2.05, 4.69) is 36.9 Å². The van der Waals surface area contributed by atoms with Crippen LogP contribution in [0, 0.1) is 0 Å². The lowest BCUT2D eigenvalue weighted by Gasteiger charge is -2.35. The van der Waals surface area contributed by atoms with Gasteiger partial charge in [0.25, 0.3) is 0 Å². The normalized spacial score (nSPS) is 15.8. The number of aromatic nitrogens is 3. The molecule has 4 rings (SSSR count). The standard InChI is InChI=1S/C17H19N5O2/c1-23-17-15-8-14(2-3-16(15)18-11-19-17)22-6-4-21(5-7-22)9-13-10-24-12-20-13/h2-3,8,10-12H,4-7,9H2,1H3. The smallest absolute Gasteiger partial charge is 0.224 e. The molecule has 1 aromatic carbocycles. The Labute approximate surface area is 139 Å². The van der Waals surface area contributed by atoms with Crippen LogP contribution in [0.4, 0.5) is 5.69 Å². The minimum Gasteiger partial charge on any atom is -0.480 e. The van der Waals surface area contributed by atoms with E-state index < -0.39 is 0 Å². The Morgan fingerprint density at radius 3 is 2.75 bits per heavy atom. The van der Waals surface area contributed by atoms with Crippen LogP contribution in [0.3, 0.4) is 0 Å². The van der Waals surface area contributed by atoms with Gasteiger partial charge in [-0.05, 0) is 18.2 Å². The van der Waals surface area contributed by atoms with Crippen molar-refractivity contribution in [3.05, 3.63) is 42.9 Å². The number of piperazine rings is 1. The van der Waals surface area contributed by atoms with Gasteiger partial charge < -0.3 is 14.1 Å². The Bertz CT molecular complexity index is 813. The van der Waals surface area contributed by atoms with Gasteiger partial charge in [0.1, 0.15) is 12.6 Å². The molecule has 7 heteroatoms. The lowest BCUT2D eigenvalue weighted by Crippen LogP contribution is -2.46. The third-order valence-corrected chi connectivity index (χ3v) is 4.38. The summed E-state index contributed by atoms with van der Waals surface area (Å²) in [6, 6.07) is 6.25. The number of oxazole rings is 1. The fourth-order valence-corrected chi connectivity index (χ4v) is 3.09. The molecule has 0 atom stereocenters. The van der Waals surface area contributed by atoms with Crippen molar-refractivity contribution in [1.82, 2.24) is 19.9 Å². The summed E-state index contributed by atoms with van der Waals surface area (Å²) in [6.07, 6.45) is 4.72. The monoisotopic (exact) mass is 325 g/mol.